The third-order valence-electron chi connectivity index (χ3n) is 5.15. The van der Waals surface area contributed by atoms with Gasteiger partial charge in [-0.3, -0.25) is 0 Å². The molecule has 30 heavy (non-hydrogen) atoms. The number of rotatable bonds is 5. The standard InChI is InChI=1S/C26H27NOPS/c1-26(2,3)25-27-23(24(28-25)30-4)29(20-14-8-5-9-15-20,21-16-10-6-11-17-21)22-18-12-7-13-19-22/h5-19H,1-4H3/q+1. The number of hydrogen-bond donors (Lipinski definition) is 0. The summed E-state index contributed by atoms with van der Waals surface area (Å²) in [4.78, 5) is 5.22. The zero-order chi connectivity index (χ0) is 21.2. The second kappa shape index (κ2) is 8.41. The van der Waals surface area contributed by atoms with E-state index < -0.39 is 7.26 Å². The number of benzene rings is 3. The first kappa shape index (κ1) is 20.9. The summed E-state index contributed by atoms with van der Waals surface area (Å²) in [6.07, 6.45) is 2.08. The van der Waals surface area contributed by atoms with Crippen LogP contribution in [0.25, 0.3) is 0 Å². The first-order valence-electron chi connectivity index (χ1n) is 10.1. The minimum atomic E-state index is -2.23. The Balaban J connectivity index is 2.16. The highest BCUT2D eigenvalue weighted by Gasteiger charge is 2.53. The molecule has 0 saturated carbocycles. The molecule has 0 aliphatic carbocycles. The van der Waals surface area contributed by atoms with Crippen LogP contribution in [0.5, 0.6) is 0 Å². The number of nitrogens with zero attached hydrogens (tertiary/aromatic N) is 1. The van der Waals surface area contributed by atoms with Crippen LogP contribution in [0.15, 0.2) is 101 Å². The highest BCUT2D eigenvalue weighted by molar-refractivity contribution is 8.04. The monoisotopic (exact) mass is 432 g/mol. The van der Waals surface area contributed by atoms with E-state index >= 15 is 0 Å². The first-order valence-corrected chi connectivity index (χ1v) is 13.1. The van der Waals surface area contributed by atoms with Gasteiger partial charge in [-0.2, -0.15) is 4.98 Å². The van der Waals surface area contributed by atoms with E-state index in [0.29, 0.717) is 0 Å². The molecule has 4 heteroatoms. The minimum absolute atomic E-state index is 0.164. The van der Waals surface area contributed by atoms with Crippen molar-refractivity contribution in [3.63, 3.8) is 0 Å². The summed E-state index contributed by atoms with van der Waals surface area (Å²) in [5, 5.41) is 4.76. The lowest BCUT2D eigenvalue weighted by atomic mass is 9.97. The molecule has 4 rings (SSSR count). The van der Waals surface area contributed by atoms with Gasteiger partial charge in [0.15, 0.2) is 7.26 Å². The van der Waals surface area contributed by atoms with Gasteiger partial charge in [-0.1, -0.05) is 87.1 Å². The third-order valence-corrected chi connectivity index (χ3v) is 10.1. The van der Waals surface area contributed by atoms with Crippen molar-refractivity contribution in [3.8, 4) is 0 Å². The molecule has 0 saturated heterocycles. The van der Waals surface area contributed by atoms with Crippen molar-refractivity contribution >= 4 is 40.4 Å². The van der Waals surface area contributed by atoms with Crippen LogP contribution >= 0.6 is 19.0 Å². The Morgan fingerprint density at radius 3 is 1.43 bits per heavy atom. The summed E-state index contributed by atoms with van der Waals surface area (Å²) in [5.41, 5.74) is 0.895. The Bertz CT molecular complexity index is 1010. The molecule has 1 aromatic heterocycles. The van der Waals surface area contributed by atoms with Crippen LogP contribution < -0.4 is 21.3 Å². The van der Waals surface area contributed by atoms with Crippen molar-refractivity contribution in [3.05, 3.63) is 96.9 Å². The van der Waals surface area contributed by atoms with Crippen LogP contribution in [-0.2, 0) is 5.41 Å². The van der Waals surface area contributed by atoms with Crippen molar-refractivity contribution in [1.82, 2.24) is 4.98 Å². The molecule has 0 unspecified atom stereocenters. The van der Waals surface area contributed by atoms with Gasteiger partial charge in [-0.05, 0) is 42.7 Å². The Morgan fingerprint density at radius 2 is 1.10 bits per heavy atom. The number of oxazole rings is 1. The van der Waals surface area contributed by atoms with E-state index in [9.17, 15) is 0 Å². The predicted octanol–water partition coefficient (Wildman–Crippen LogP) is 5.31. The smallest absolute Gasteiger partial charge is 0.250 e. The van der Waals surface area contributed by atoms with Crippen molar-refractivity contribution in [2.45, 2.75) is 31.3 Å². The third kappa shape index (κ3) is 3.62. The van der Waals surface area contributed by atoms with Gasteiger partial charge in [0.05, 0.1) is 0 Å². The zero-order valence-corrected chi connectivity index (χ0v) is 19.6. The van der Waals surface area contributed by atoms with E-state index in [2.05, 4.69) is 118 Å². The Hall–Kier alpha value is -2.35. The van der Waals surface area contributed by atoms with Gasteiger partial charge < -0.3 is 4.42 Å². The molecule has 0 spiro atoms. The Morgan fingerprint density at radius 1 is 0.700 bits per heavy atom. The summed E-state index contributed by atoms with van der Waals surface area (Å²) in [6.45, 7) is 6.46. The molecule has 0 amide bonds. The zero-order valence-electron chi connectivity index (χ0n) is 17.9. The fourth-order valence-electron chi connectivity index (χ4n) is 3.73. The lowest BCUT2D eigenvalue weighted by Gasteiger charge is -2.25. The SMILES string of the molecule is CSc1oc(C(C)(C)C)nc1[P+](c1ccccc1)(c1ccccc1)c1ccccc1. The van der Waals surface area contributed by atoms with Crippen molar-refractivity contribution in [2.24, 2.45) is 0 Å². The van der Waals surface area contributed by atoms with Crippen molar-refractivity contribution in [1.29, 1.82) is 0 Å². The van der Waals surface area contributed by atoms with Gasteiger partial charge in [-0.25, -0.2) is 0 Å². The van der Waals surface area contributed by atoms with Gasteiger partial charge in [0, 0.05) is 5.41 Å². The maximum Gasteiger partial charge on any atom is 0.250 e. The second-order valence-electron chi connectivity index (χ2n) is 8.26. The van der Waals surface area contributed by atoms with Crippen LogP contribution in [0.3, 0.4) is 0 Å². The highest BCUT2D eigenvalue weighted by Crippen LogP contribution is 2.55. The van der Waals surface area contributed by atoms with Crippen LogP contribution in [0.2, 0.25) is 0 Å². The molecule has 0 aliphatic heterocycles. The maximum absolute atomic E-state index is 6.38. The van der Waals surface area contributed by atoms with Crippen LogP contribution in [0.1, 0.15) is 26.7 Å². The maximum atomic E-state index is 6.38. The molecule has 0 bridgehead atoms. The molecular weight excluding hydrogens is 405 g/mol. The quantitative estimate of drug-likeness (QED) is 0.316. The minimum Gasteiger partial charge on any atom is -0.429 e. The summed E-state index contributed by atoms with van der Waals surface area (Å²) in [5.74, 6) is 0.786. The van der Waals surface area contributed by atoms with Gasteiger partial charge in [0.2, 0.25) is 11.0 Å². The number of hydrogen-bond acceptors (Lipinski definition) is 3. The molecular formula is C26H27NOPS+. The van der Waals surface area contributed by atoms with Gasteiger partial charge in [0.25, 0.3) is 5.44 Å². The molecule has 0 radical (unpaired) electrons. The lowest BCUT2D eigenvalue weighted by Crippen LogP contribution is -2.40. The average Bonchev–Trinajstić information content (AvgIpc) is 3.22. The summed E-state index contributed by atoms with van der Waals surface area (Å²) < 4.78 is 6.38. The van der Waals surface area contributed by atoms with E-state index in [1.807, 2.05) is 0 Å². The van der Waals surface area contributed by atoms with E-state index in [0.717, 1.165) is 16.4 Å². The van der Waals surface area contributed by atoms with E-state index in [1.165, 1.54) is 15.9 Å². The van der Waals surface area contributed by atoms with E-state index in [4.69, 9.17) is 9.40 Å². The van der Waals surface area contributed by atoms with E-state index in [-0.39, 0.29) is 5.41 Å². The lowest BCUT2D eigenvalue weighted by molar-refractivity contribution is 0.351. The van der Waals surface area contributed by atoms with Crippen LogP contribution in [0.4, 0.5) is 0 Å². The summed E-state index contributed by atoms with van der Waals surface area (Å²) >= 11 is 1.64. The van der Waals surface area contributed by atoms with Gasteiger partial charge in [-0.15, -0.1) is 0 Å². The fourth-order valence-corrected chi connectivity index (χ4v) is 8.85. The molecule has 152 valence electrons. The second-order valence-corrected chi connectivity index (χ2v) is 12.4. The van der Waals surface area contributed by atoms with Crippen molar-refractivity contribution in [2.75, 3.05) is 6.26 Å². The van der Waals surface area contributed by atoms with Crippen molar-refractivity contribution < 1.29 is 4.42 Å². The first-order chi connectivity index (χ1) is 14.5. The predicted molar refractivity (Wildman–Crippen MR) is 132 cm³/mol. The van der Waals surface area contributed by atoms with Gasteiger partial charge in [0.1, 0.15) is 15.9 Å². The summed E-state index contributed by atoms with van der Waals surface area (Å²) in [6, 6.07) is 32.4. The summed E-state index contributed by atoms with van der Waals surface area (Å²) in [7, 11) is -2.23. The molecule has 1 heterocycles. The highest BCUT2D eigenvalue weighted by atomic mass is 32.2. The molecule has 0 aliphatic rings. The average molecular weight is 433 g/mol. The molecule has 2 nitrogen and oxygen atoms in total. The largest absolute Gasteiger partial charge is 0.429 e. The molecule has 0 atom stereocenters. The van der Waals surface area contributed by atoms with Crippen LogP contribution in [0, 0.1) is 0 Å². The molecule has 3 aromatic carbocycles. The molecule has 4 aromatic rings. The Labute approximate surface area is 184 Å². The topological polar surface area (TPSA) is 26.0 Å². The van der Waals surface area contributed by atoms with Gasteiger partial charge >= 0.3 is 0 Å². The normalized spacial score (nSPS) is 12.1. The Kier molecular flexibility index (Phi) is 5.86. The number of aromatic nitrogens is 1. The van der Waals surface area contributed by atoms with Crippen LogP contribution in [-0.4, -0.2) is 11.2 Å². The number of thioether (sulfide) groups is 1. The fraction of sp³-hybridized carbons (Fsp3) is 0.192. The van der Waals surface area contributed by atoms with E-state index in [1.54, 1.807) is 11.8 Å². The molecule has 0 N–H and O–H groups in total. The molecule has 0 fully saturated rings.